The lowest BCUT2D eigenvalue weighted by Crippen LogP contribution is -2.08. The molecule has 2 nitrogen and oxygen atoms in total. The highest BCUT2D eigenvalue weighted by molar-refractivity contribution is 5.54. The van der Waals surface area contributed by atoms with Crippen LogP contribution in [0.15, 0.2) is 24.8 Å². The maximum atomic E-state index is 12.0. The van der Waals surface area contributed by atoms with Gasteiger partial charge >= 0.3 is 0 Å². The number of hydrogen-bond acceptors (Lipinski definition) is 2. The maximum Gasteiger partial charge on any atom is 0.272 e. The summed E-state index contributed by atoms with van der Waals surface area (Å²) in [4.78, 5) is 0. The van der Waals surface area contributed by atoms with Crippen LogP contribution in [-0.2, 0) is 0 Å². The Bertz CT molecular complexity index is 351. The third-order valence-corrected chi connectivity index (χ3v) is 1.87. The Morgan fingerprint density at radius 3 is 2.62 bits per heavy atom. The average molecular weight is 228 g/mol. The van der Waals surface area contributed by atoms with Crippen LogP contribution in [0.25, 0.3) is 6.08 Å². The maximum absolute atomic E-state index is 12.0. The van der Waals surface area contributed by atoms with Gasteiger partial charge < -0.3 is 9.47 Å². The molecule has 88 valence electrons. The molecule has 1 aromatic rings. The summed E-state index contributed by atoms with van der Waals surface area (Å²) in [5.74, 6) is 0.785. The zero-order chi connectivity index (χ0) is 12.0. The van der Waals surface area contributed by atoms with E-state index in [4.69, 9.17) is 9.47 Å². The predicted molar refractivity (Wildman–Crippen MR) is 59.2 cm³/mol. The number of hydrogen-bond donors (Lipinski definition) is 0. The fraction of sp³-hybridized carbons (Fsp3) is 0.333. The smallest absolute Gasteiger partial charge is 0.272 e. The molecule has 4 heteroatoms. The van der Waals surface area contributed by atoms with Crippen LogP contribution in [0.3, 0.4) is 0 Å². The van der Waals surface area contributed by atoms with Gasteiger partial charge in [0.1, 0.15) is 6.61 Å². The van der Waals surface area contributed by atoms with Gasteiger partial charge in [-0.1, -0.05) is 18.7 Å². The Balaban J connectivity index is 2.84. The first-order chi connectivity index (χ1) is 7.67. The van der Waals surface area contributed by atoms with Gasteiger partial charge in [0.05, 0.1) is 6.61 Å². The second-order valence-corrected chi connectivity index (χ2v) is 3.05. The van der Waals surface area contributed by atoms with Crippen molar-refractivity contribution in [2.45, 2.75) is 13.3 Å². The number of alkyl halides is 2. The first-order valence-electron chi connectivity index (χ1n) is 4.97. The highest BCUT2D eigenvalue weighted by Gasteiger charge is 2.08. The van der Waals surface area contributed by atoms with Gasteiger partial charge in [0.15, 0.2) is 11.5 Å². The molecular formula is C12H14F2O2. The van der Waals surface area contributed by atoms with Gasteiger partial charge in [-0.15, -0.1) is 0 Å². The highest BCUT2D eigenvalue weighted by Crippen LogP contribution is 2.29. The molecule has 1 rings (SSSR count). The lowest BCUT2D eigenvalue weighted by molar-refractivity contribution is 0.0801. The lowest BCUT2D eigenvalue weighted by atomic mass is 10.2. The van der Waals surface area contributed by atoms with Crippen molar-refractivity contribution in [1.82, 2.24) is 0 Å². The molecule has 16 heavy (non-hydrogen) atoms. The van der Waals surface area contributed by atoms with Crippen molar-refractivity contribution < 1.29 is 18.3 Å². The topological polar surface area (TPSA) is 18.5 Å². The first-order valence-corrected chi connectivity index (χ1v) is 4.97. The lowest BCUT2D eigenvalue weighted by Gasteiger charge is -2.12. The van der Waals surface area contributed by atoms with E-state index in [2.05, 4.69) is 6.58 Å². The van der Waals surface area contributed by atoms with Gasteiger partial charge in [0.25, 0.3) is 6.43 Å². The molecule has 0 atom stereocenters. The van der Waals surface area contributed by atoms with Gasteiger partial charge in [0.2, 0.25) is 0 Å². The van der Waals surface area contributed by atoms with E-state index in [0.717, 1.165) is 5.56 Å². The van der Waals surface area contributed by atoms with E-state index < -0.39 is 13.0 Å². The van der Waals surface area contributed by atoms with Crippen LogP contribution in [0, 0.1) is 0 Å². The Hall–Kier alpha value is -1.58. The standard InChI is InChI=1S/C12H14F2O2/c1-3-9-5-6-10(16-8-12(13)14)11(7-9)15-4-2/h3,5-7,12H,1,4,8H2,2H3. The largest absolute Gasteiger partial charge is 0.490 e. The van der Waals surface area contributed by atoms with Gasteiger partial charge in [0, 0.05) is 0 Å². The molecule has 0 saturated carbocycles. The first kappa shape index (κ1) is 12.5. The molecule has 0 bridgehead atoms. The average Bonchev–Trinajstić information content (AvgIpc) is 2.27. The minimum atomic E-state index is -2.49. The number of halogens is 2. The Morgan fingerprint density at radius 1 is 1.31 bits per heavy atom. The summed E-state index contributed by atoms with van der Waals surface area (Å²) >= 11 is 0. The summed E-state index contributed by atoms with van der Waals surface area (Å²) in [5, 5.41) is 0. The summed E-state index contributed by atoms with van der Waals surface area (Å²) in [6, 6.07) is 5.04. The van der Waals surface area contributed by atoms with Crippen molar-refractivity contribution in [3.63, 3.8) is 0 Å². The van der Waals surface area contributed by atoms with Gasteiger partial charge in [-0.2, -0.15) is 0 Å². The molecule has 0 N–H and O–H groups in total. The van der Waals surface area contributed by atoms with Crippen LogP contribution in [0.1, 0.15) is 12.5 Å². The van der Waals surface area contributed by atoms with Crippen molar-refractivity contribution in [3.05, 3.63) is 30.3 Å². The van der Waals surface area contributed by atoms with Gasteiger partial charge in [-0.3, -0.25) is 0 Å². The molecule has 0 radical (unpaired) electrons. The van der Waals surface area contributed by atoms with Crippen LogP contribution in [0.5, 0.6) is 11.5 Å². The molecule has 0 aliphatic heterocycles. The Kier molecular flexibility index (Phi) is 4.76. The minimum Gasteiger partial charge on any atom is -0.490 e. The third-order valence-electron chi connectivity index (χ3n) is 1.87. The summed E-state index contributed by atoms with van der Waals surface area (Å²) < 4.78 is 34.2. The summed E-state index contributed by atoms with van der Waals surface area (Å²) in [5.41, 5.74) is 0.854. The van der Waals surface area contributed by atoms with Crippen molar-refractivity contribution in [2.24, 2.45) is 0 Å². The fourth-order valence-corrected chi connectivity index (χ4v) is 1.19. The van der Waals surface area contributed by atoms with E-state index in [1.165, 1.54) is 0 Å². The fourth-order valence-electron chi connectivity index (χ4n) is 1.19. The molecule has 0 aromatic heterocycles. The summed E-state index contributed by atoms with van der Waals surface area (Å²) in [7, 11) is 0. The van der Waals surface area contributed by atoms with Crippen molar-refractivity contribution >= 4 is 6.08 Å². The van der Waals surface area contributed by atoms with Gasteiger partial charge in [-0.25, -0.2) is 8.78 Å². The zero-order valence-electron chi connectivity index (χ0n) is 9.08. The molecule has 0 aliphatic carbocycles. The molecule has 0 unspecified atom stereocenters. The number of ether oxygens (including phenoxy) is 2. The van der Waals surface area contributed by atoms with Gasteiger partial charge in [-0.05, 0) is 24.6 Å². The van der Waals surface area contributed by atoms with E-state index in [9.17, 15) is 8.78 Å². The monoisotopic (exact) mass is 228 g/mol. The van der Waals surface area contributed by atoms with Crippen molar-refractivity contribution in [2.75, 3.05) is 13.2 Å². The van der Waals surface area contributed by atoms with Crippen molar-refractivity contribution in [3.8, 4) is 11.5 Å². The molecule has 1 aromatic carbocycles. The van der Waals surface area contributed by atoms with Crippen LogP contribution in [0.4, 0.5) is 8.78 Å². The molecule has 0 amide bonds. The van der Waals surface area contributed by atoms with Crippen LogP contribution < -0.4 is 9.47 Å². The molecule has 0 saturated heterocycles. The highest BCUT2D eigenvalue weighted by atomic mass is 19.3. The Labute approximate surface area is 93.5 Å². The van der Waals surface area contributed by atoms with Crippen LogP contribution >= 0.6 is 0 Å². The van der Waals surface area contributed by atoms with Crippen LogP contribution in [0.2, 0.25) is 0 Å². The molecule has 0 aliphatic rings. The normalized spacial score (nSPS) is 10.2. The SMILES string of the molecule is C=Cc1ccc(OCC(F)F)c(OCC)c1. The van der Waals surface area contributed by atoms with E-state index in [1.807, 2.05) is 6.92 Å². The molecular weight excluding hydrogens is 214 g/mol. The second kappa shape index (κ2) is 6.10. The molecule has 0 fully saturated rings. The van der Waals surface area contributed by atoms with E-state index in [1.54, 1.807) is 24.3 Å². The van der Waals surface area contributed by atoms with E-state index in [-0.39, 0.29) is 0 Å². The number of rotatable bonds is 6. The summed E-state index contributed by atoms with van der Waals surface area (Å²) in [6.45, 7) is 5.26. The van der Waals surface area contributed by atoms with Crippen LogP contribution in [-0.4, -0.2) is 19.6 Å². The Morgan fingerprint density at radius 2 is 2.06 bits per heavy atom. The number of benzene rings is 1. The van der Waals surface area contributed by atoms with Crippen molar-refractivity contribution in [1.29, 1.82) is 0 Å². The quantitative estimate of drug-likeness (QED) is 0.743. The second-order valence-electron chi connectivity index (χ2n) is 3.05. The minimum absolute atomic E-state index is 0.327. The predicted octanol–water partition coefficient (Wildman–Crippen LogP) is 3.37. The third kappa shape index (κ3) is 3.53. The van der Waals surface area contributed by atoms with E-state index in [0.29, 0.717) is 18.1 Å². The molecule has 0 heterocycles. The van der Waals surface area contributed by atoms with E-state index >= 15 is 0 Å². The summed E-state index contributed by atoms with van der Waals surface area (Å²) in [6.07, 6.45) is -0.840. The molecule has 0 spiro atoms. The zero-order valence-corrected chi connectivity index (χ0v) is 9.08.